The van der Waals surface area contributed by atoms with E-state index in [1.54, 1.807) is 0 Å². The molecule has 0 saturated carbocycles. The molecule has 0 aromatic rings. The van der Waals surface area contributed by atoms with Crippen LogP contribution in [0.4, 0.5) is 176 Å². The van der Waals surface area contributed by atoms with E-state index in [9.17, 15) is 176 Å². The number of rotatable bonds is 16. The van der Waals surface area contributed by atoms with E-state index in [-0.39, 0.29) is 0 Å². The monoisotopic (exact) mass is 1050 g/mol. The zero-order valence-electron chi connectivity index (χ0n) is 25.8. The normalized spacial score (nSPS) is 18.0. The minimum atomic E-state index is -12.2. The van der Waals surface area contributed by atoms with E-state index in [0.29, 0.717) is 0 Å². The van der Waals surface area contributed by atoms with Crippen LogP contribution in [0.2, 0.25) is 0 Å². The molecule has 0 rings (SSSR count). The van der Waals surface area contributed by atoms with Gasteiger partial charge in [-0.1, -0.05) is 0 Å². The second-order valence-electron chi connectivity index (χ2n) is 10.7. The molecule has 62 heavy (non-hydrogen) atoms. The van der Waals surface area contributed by atoms with Crippen molar-refractivity contribution in [3.05, 3.63) is 0 Å². The van der Waals surface area contributed by atoms with Crippen LogP contribution in [0.25, 0.3) is 0 Å². The van der Waals surface area contributed by atoms with Crippen LogP contribution < -0.4 is 0 Å². The lowest BCUT2D eigenvalue weighted by atomic mass is 9.85. The van der Waals surface area contributed by atoms with Crippen LogP contribution in [0.3, 0.4) is 0 Å². The summed E-state index contributed by atoms with van der Waals surface area (Å²) in [5.41, 5.74) is -9.63. The molecule has 0 amide bonds. The largest absolute Gasteiger partial charge is 0.598 e. The van der Waals surface area contributed by atoms with Crippen LogP contribution in [0.15, 0.2) is 0 Å². The predicted molar refractivity (Wildman–Crippen MR) is 102 cm³/mol. The minimum absolute atomic E-state index is 0.744. The molecule has 1 unspecified atom stereocenters. The van der Waals surface area contributed by atoms with Crippen LogP contribution in [0.5, 0.6) is 0 Å². The Kier molecular flexibility index (Phi) is 14.0. The molecule has 0 spiro atoms. The third kappa shape index (κ3) is 8.04. The average molecular weight is 1050 g/mol. The van der Waals surface area contributed by atoms with Gasteiger partial charge in [0, 0.05) is 0 Å². The van der Waals surface area contributed by atoms with Gasteiger partial charge >= 0.3 is 117 Å². The van der Waals surface area contributed by atoms with Crippen LogP contribution in [0, 0.1) is 0 Å². The highest BCUT2D eigenvalue weighted by molar-refractivity contribution is 6.64. The van der Waals surface area contributed by atoms with Crippen molar-refractivity contribution in [3.8, 4) is 0 Å². The lowest BCUT2D eigenvalue weighted by Crippen LogP contribution is -2.81. The Bertz CT molecular complexity index is 1560. The third-order valence-electron chi connectivity index (χ3n) is 6.48. The molecule has 0 saturated heterocycles. The maximum absolute atomic E-state index is 15.0. The highest BCUT2D eigenvalue weighted by atomic mass is 28.4. The Labute approximate surface area is 307 Å². The first-order valence-electron chi connectivity index (χ1n) is 12.5. The Morgan fingerprint density at radius 2 is 0.403 bits per heavy atom. The Hall–Kier alpha value is -2.70. The molecule has 0 aliphatic carbocycles. The van der Waals surface area contributed by atoms with Crippen LogP contribution >= 0.6 is 0 Å². The van der Waals surface area contributed by atoms with Gasteiger partial charge in [0.15, 0.2) is 0 Å². The van der Waals surface area contributed by atoms with E-state index in [0.717, 1.165) is 13.3 Å². The molecule has 0 aromatic carbocycles. The van der Waals surface area contributed by atoms with Gasteiger partial charge in [-0.15, -0.1) is 0 Å². The molecule has 0 fully saturated rings. The molecule has 0 aromatic heterocycles. The maximum Gasteiger partial charge on any atom is 0.598 e. The van der Waals surface area contributed by atoms with E-state index in [4.69, 9.17) is 0 Å². The first-order valence-corrected chi connectivity index (χ1v) is 14.3. The van der Waals surface area contributed by atoms with Crippen molar-refractivity contribution in [2.75, 3.05) is 0 Å². The second kappa shape index (κ2) is 14.7. The zero-order chi connectivity index (χ0) is 51.6. The van der Waals surface area contributed by atoms with Crippen molar-refractivity contribution in [1.29, 1.82) is 0 Å². The number of alkyl halides is 40. The van der Waals surface area contributed by atoms with Crippen molar-refractivity contribution in [1.82, 2.24) is 0 Å². The molecule has 0 aliphatic rings. The molecular formula is C18F40O3Si. The number of hydrogen-bond acceptors (Lipinski definition) is 3. The molecular weight excluding hydrogens is 1050 g/mol. The Morgan fingerprint density at radius 3 is 0.581 bits per heavy atom. The van der Waals surface area contributed by atoms with Gasteiger partial charge in [-0.05, 0) is 0 Å². The third-order valence-corrected chi connectivity index (χ3v) is 9.13. The summed E-state index contributed by atoms with van der Waals surface area (Å²) >= 11 is 0. The Morgan fingerprint density at radius 1 is 0.194 bits per heavy atom. The summed E-state index contributed by atoms with van der Waals surface area (Å²) in [6, 6.07) is 0. The molecule has 0 bridgehead atoms. The zero-order valence-corrected chi connectivity index (χ0v) is 26.8. The molecule has 0 heterocycles. The van der Waals surface area contributed by atoms with Crippen LogP contribution in [0.1, 0.15) is 0 Å². The first-order chi connectivity index (χ1) is 25.9. The van der Waals surface area contributed by atoms with Gasteiger partial charge < -0.3 is 13.3 Å². The van der Waals surface area contributed by atoms with Gasteiger partial charge in [0.05, 0.1) is 0 Å². The highest BCUT2D eigenvalue weighted by Gasteiger charge is 3.01. The van der Waals surface area contributed by atoms with Gasteiger partial charge in [0.2, 0.25) is 0 Å². The van der Waals surface area contributed by atoms with Gasteiger partial charge in [0.25, 0.3) is 0 Å². The molecule has 374 valence electrons. The first kappa shape index (κ1) is 59.3. The van der Waals surface area contributed by atoms with E-state index in [1.807, 2.05) is 0 Å². The van der Waals surface area contributed by atoms with Gasteiger partial charge in [-0.2, -0.15) is 176 Å². The maximum atomic E-state index is 15.0. The van der Waals surface area contributed by atoms with Crippen LogP contribution in [-0.2, 0) is 13.3 Å². The van der Waals surface area contributed by atoms with E-state index < -0.39 is 117 Å². The summed E-state index contributed by atoms with van der Waals surface area (Å²) in [5, 5.41) is 0. The molecule has 1 atom stereocenters. The van der Waals surface area contributed by atoms with Gasteiger partial charge in [-0.3, -0.25) is 0 Å². The summed E-state index contributed by atoms with van der Waals surface area (Å²) in [4.78, 5) is 0. The predicted octanol–water partition coefficient (Wildman–Crippen LogP) is 12.5. The number of hydrogen-bond donors (Lipinski definition) is 0. The van der Waals surface area contributed by atoms with Crippen molar-refractivity contribution in [2.45, 2.75) is 108 Å². The standard InChI is InChI=1S/C18F40O3Si/c19-1(20,3(23,24)5(27,28)7(31,32)9(35,36)11(38,39)40)2(21,22)4(25,26)6(29,30)8(33,34)10(37,12(41,42)43)59-62(18(57,58)15(50,51)52,60-16(53,54)13(44,45)46)61-17(55,56)14(47,48)49. The SMILES string of the molecule is FC(F)(F)C(F)(F)O[Si](OC(F)(F)C(F)(F)F)(OC(F)(C(F)(F)F)C(F)(F)C(F)(F)C(F)(F)C(F)(F)C(F)(F)C(F)(F)C(F)(F)C(F)(F)C(F)(F)C(F)(F)F)C(F)(F)C(F)(F)F. The van der Waals surface area contributed by atoms with E-state index in [2.05, 4.69) is 0 Å². The van der Waals surface area contributed by atoms with Gasteiger partial charge in [-0.25, -0.2) is 0 Å². The van der Waals surface area contributed by atoms with E-state index in [1.165, 1.54) is 0 Å². The highest BCUT2D eigenvalue weighted by Crippen LogP contribution is 2.69. The smallest absolute Gasteiger partial charge is 0.324 e. The quantitative estimate of drug-likeness (QED) is 0.114. The minimum Gasteiger partial charge on any atom is -0.324 e. The lowest BCUT2D eigenvalue weighted by molar-refractivity contribution is -0.492. The summed E-state index contributed by atoms with van der Waals surface area (Å²) < 4.78 is 540. The van der Waals surface area contributed by atoms with Gasteiger partial charge in [0.1, 0.15) is 0 Å². The molecule has 3 nitrogen and oxygen atoms in total. The fourth-order valence-electron chi connectivity index (χ4n) is 3.13. The average Bonchev–Trinajstić information content (AvgIpc) is 2.96. The number of halogens is 40. The second-order valence-corrected chi connectivity index (χ2v) is 13.1. The lowest BCUT2D eigenvalue weighted by Gasteiger charge is -2.48. The van der Waals surface area contributed by atoms with E-state index >= 15 is 0 Å². The molecule has 0 N–H and O–H groups in total. The topological polar surface area (TPSA) is 27.7 Å². The summed E-state index contributed by atoms with van der Waals surface area (Å²) in [5.74, 6) is -102. The molecule has 44 heteroatoms. The Balaban J connectivity index is 8.81. The summed E-state index contributed by atoms with van der Waals surface area (Å²) in [7, 11) is -12.2. The summed E-state index contributed by atoms with van der Waals surface area (Å²) in [6.45, 7) is 0. The molecule has 0 aliphatic heterocycles. The molecule has 0 radical (unpaired) electrons. The van der Waals surface area contributed by atoms with Crippen molar-refractivity contribution < 1.29 is 189 Å². The van der Waals surface area contributed by atoms with Crippen molar-refractivity contribution in [3.63, 3.8) is 0 Å². The van der Waals surface area contributed by atoms with Crippen molar-refractivity contribution >= 4 is 8.80 Å². The fraction of sp³-hybridized carbons (Fsp3) is 1.00. The van der Waals surface area contributed by atoms with Crippen LogP contribution in [-0.4, -0.2) is 117 Å². The van der Waals surface area contributed by atoms with Crippen molar-refractivity contribution in [2.24, 2.45) is 0 Å². The summed E-state index contributed by atoms with van der Waals surface area (Å²) in [6.07, 6.45) is -62.5. The fourth-order valence-corrected chi connectivity index (χ4v) is 5.50.